The second-order valence-corrected chi connectivity index (χ2v) is 18.0. The molecule has 0 N–H and O–H groups in total. The van der Waals surface area contributed by atoms with Crippen LogP contribution in [0.5, 0.6) is 0 Å². The Morgan fingerprint density at radius 1 is 0.412 bits per heavy atom. The average Bonchev–Trinajstić information content (AvgIpc) is 4.00. The van der Waals surface area contributed by atoms with Crippen molar-refractivity contribution >= 4 is 0 Å². The van der Waals surface area contributed by atoms with Gasteiger partial charge in [0.05, 0.1) is 64.9 Å². The molecule has 3 saturated heterocycles. The summed E-state index contributed by atoms with van der Waals surface area (Å²) in [5.41, 5.74) is 6.26. The summed E-state index contributed by atoms with van der Waals surface area (Å²) in [6, 6.07) is 60.9. The number of hydrogen-bond acceptors (Lipinski definition) is 11. The highest BCUT2D eigenvalue weighted by atomic mass is 16.7. The second kappa shape index (κ2) is 23.0. The van der Waals surface area contributed by atoms with E-state index in [0.717, 1.165) is 33.4 Å². The molecule has 0 radical (unpaired) electrons. The Labute approximate surface area is 399 Å². The highest BCUT2D eigenvalue weighted by Crippen LogP contribution is 2.48. The van der Waals surface area contributed by atoms with Crippen LogP contribution in [0.25, 0.3) is 0 Å². The zero-order valence-corrected chi connectivity index (χ0v) is 38.4. The number of methoxy groups -OCH3 is 1. The molecule has 11 nitrogen and oxygen atoms in total. The van der Waals surface area contributed by atoms with Gasteiger partial charge >= 0.3 is 0 Å². The van der Waals surface area contributed by atoms with Gasteiger partial charge in [-0.25, -0.2) is 0 Å². The van der Waals surface area contributed by atoms with Crippen molar-refractivity contribution < 1.29 is 47.5 Å². The third-order valence-corrected chi connectivity index (χ3v) is 13.5. The van der Waals surface area contributed by atoms with Crippen LogP contribution in [0.3, 0.4) is 0 Å². The van der Waals surface area contributed by atoms with E-state index in [1.165, 1.54) is 0 Å². The van der Waals surface area contributed by atoms with Crippen LogP contribution in [0.1, 0.15) is 33.4 Å². The van der Waals surface area contributed by atoms with E-state index in [1.54, 1.807) is 7.11 Å². The molecule has 4 aliphatic rings. The van der Waals surface area contributed by atoms with E-state index in [0.29, 0.717) is 52.8 Å². The number of hydroxylamine groups is 2. The summed E-state index contributed by atoms with van der Waals surface area (Å²) >= 11 is 0. The van der Waals surface area contributed by atoms with Crippen LogP contribution >= 0.6 is 0 Å². The standard InChI is InChI=1S/C57H61NO10/c1-59-57-56(65-38-45-30-18-7-19-31-45)52(61-34-41-22-10-3-11-23-41)49(60-33-40-20-8-2-9-21-40)47(67-57)32-58-46-39-66-50-48(46)51(68-58)54(63-36-43-26-14-5-15-27-43)55(64-37-44-28-16-6-17-29-44)53(50)62-35-42-24-12-4-13-25-42/h2-31,46-57H,32-39H2,1H3/t46-,47-,48-,49-,50+,51-,52+,53-,54+,55+,56-,57-/m1/s1. The van der Waals surface area contributed by atoms with Crippen molar-refractivity contribution in [1.82, 2.24) is 5.06 Å². The Morgan fingerprint density at radius 2 is 0.750 bits per heavy atom. The number of ether oxygens (including phenoxy) is 9. The largest absolute Gasteiger partial charge is 0.373 e. The molecule has 10 rings (SSSR count). The molecule has 68 heavy (non-hydrogen) atoms. The van der Waals surface area contributed by atoms with Gasteiger partial charge in [-0.15, -0.1) is 0 Å². The quantitative estimate of drug-likeness (QED) is 0.0693. The summed E-state index contributed by atoms with van der Waals surface area (Å²) in [6.07, 6.45) is -5.48. The smallest absolute Gasteiger partial charge is 0.186 e. The van der Waals surface area contributed by atoms with E-state index in [9.17, 15) is 0 Å². The van der Waals surface area contributed by atoms with E-state index in [-0.39, 0.29) is 18.1 Å². The first-order valence-electron chi connectivity index (χ1n) is 23.8. The monoisotopic (exact) mass is 919 g/mol. The van der Waals surface area contributed by atoms with Gasteiger partial charge in [-0.05, 0) is 33.4 Å². The summed E-state index contributed by atoms with van der Waals surface area (Å²) in [5, 5.41) is 2.04. The van der Waals surface area contributed by atoms with Crippen LogP contribution in [0.15, 0.2) is 182 Å². The number of rotatable bonds is 21. The van der Waals surface area contributed by atoms with Crippen molar-refractivity contribution in [1.29, 1.82) is 0 Å². The Hall–Kier alpha value is -5.12. The Bertz CT molecular complexity index is 2390. The van der Waals surface area contributed by atoms with E-state index in [1.807, 2.05) is 126 Å². The molecule has 3 aliphatic heterocycles. The molecule has 4 fully saturated rings. The first-order chi connectivity index (χ1) is 33.7. The summed E-state index contributed by atoms with van der Waals surface area (Å²) in [7, 11) is 1.65. The molecule has 11 heteroatoms. The van der Waals surface area contributed by atoms with Crippen LogP contribution < -0.4 is 0 Å². The Morgan fingerprint density at radius 3 is 1.15 bits per heavy atom. The predicted octanol–water partition coefficient (Wildman–Crippen LogP) is 8.88. The first kappa shape index (κ1) is 46.6. The van der Waals surface area contributed by atoms with Crippen molar-refractivity contribution in [3.8, 4) is 0 Å². The second-order valence-electron chi connectivity index (χ2n) is 18.0. The summed E-state index contributed by atoms with van der Waals surface area (Å²) in [4.78, 5) is 7.22. The molecule has 1 saturated carbocycles. The Kier molecular flexibility index (Phi) is 15.8. The highest BCUT2D eigenvalue weighted by Gasteiger charge is 2.65. The maximum atomic E-state index is 7.22. The van der Waals surface area contributed by atoms with Gasteiger partial charge < -0.3 is 42.6 Å². The van der Waals surface area contributed by atoms with Gasteiger partial charge in [0.2, 0.25) is 0 Å². The van der Waals surface area contributed by atoms with Gasteiger partial charge in [-0.3, -0.25) is 4.84 Å². The molecule has 6 aromatic rings. The zero-order chi connectivity index (χ0) is 45.9. The van der Waals surface area contributed by atoms with E-state index < -0.39 is 55.1 Å². The number of benzene rings is 6. The fourth-order valence-electron chi connectivity index (χ4n) is 10.1. The lowest BCUT2D eigenvalue weighted by atomic mass is 9.76. The lowest BCUT2D eigenvalue weighted by molar-refractivity contribution is -0.331. The maximum Gasteiger partial charge on any atom is 0.186 e. The van der Waals surface area contributed by atoms with Crippen molar-refractivity contribution in [2.45, 2.75) is 107 Å². The van der Waals surface area contributed by atoms with Gasteiger partial charge in [0.1, 0.15) is 48.8 Å². The molecule has 0 aromatic heterocycles. The lowest BCUT2D eigenvalue weighted by Crippen LogP contribution is -2.63. The third kappa shape index (κ3) is 11.2. The zero-order valence-electron chi connectivity index (χ0n) is 38.4. The molecule has 3 heterocycles. The SMILES string of the molecule is CO[C@@H]1O[C@H](CN2O[C@H]3[C@H](OCc4ccccc4)[C@@H](OCc4ccccc4)[C@H](OCc4ccccc4)[C@H]4OC[C@@H]2[C@H]43)[C@@H](OCc2ccccc2)[C@H](OCc2ccccc2)[C@H]1OCc1ccccc1. The third-order valence-electron chi connectivity index (χ3n) is 13.5. The van der Waals surface area contributed by atoms with Crippen LogP contribution in [-0.4, -0.2) is 92.6 Å². The van der Waals surface area contributed by atoms with Gasteiger partial charge in [0.15, 0.2) is 6.29 Å². The van der Waals surface area contributed by atoms with Crippen LogP contribution in [0, 0.1) is 5.92 Å². The van der Waals surface area contributed by atoms with Crippen molar-refractivity contribution in [3.63, 3.8) is 0 Å². The van der Waals surface area contributed by atoms with E-state index in [4.69, 9.17) is 47.5 Å². The van der Waals surface area contributed by atoms with Crippen LogP contribution in [-0.2, 0) is 87.1 Å². The normalized spacial score (nSPS) is 28.9. The predicted molar refractivity (Wildman–Crippen MR) is 254 cm³/mol. The fraction of sp³-hybridized carbons (Fsp3) is 0.368. The topological polar surface area (TPSA) is 95.5 Å². The molecular weight excluding hydrogens is 859 g/mol. The molecule has 1 aliphatic carbocycles. The minimum Gasteiger partial charge on any atom is -0.373 e. The lowest BCUT2D eigenvalue weighted by Gasteiger charge is -2.46. The maximum absolute atomic E-state index is 7.22. The molecule has 6 aromatic carbocycles. The average molecular weight is 920 g/mol. The van der Waals surface area contributed by atoms with Gasteiger partial charge in [-0.1, -0.05) is 182 Å². The first-order valence-corrected chi connectivity index (χ1v) is 23.8. The fourth-order valence-corrected chi connectivity index (χ4v) is 10.1. The summed E-state index contributed by atoms with van der Waals surface area (Å²) in [5.74, 6) is -0.106. The van der Waals surface area contributed by atoms with Crippen LogP contribution in [0.2, 0.25) is 0 Å². The van der Waals surface area contributed by atoms with Gasteiger partial charge in [0, 0.05) is 13.0 Å². The minimum absolute atomic E-state index is 0.106. The van der Waals surface area contributed by atoms with Crippen LogP contribution in [0.4, 0.5) is 0 Å². The van der Waals surface area contributed by atoms with E-state index in [2.05, 4.69) is 60.7 Å². The van der Waals surface area contributed by atoms with Gasteiger partial charge in [-0.2, -0.15) is 5.06 Å². The molecular formula is C57H61NO10. The Balaban J connectivity index is 0.968. The molecule has 354 valence electrons. The van der Waals surface area contributed by atoms with Gasteiger partial charge in [0.25, 0.3) is 0 Å². The molecule has 0 bridgehead atoms. The highest BCUT2D eigenvalue weighted by molar-refractivity contribution is 5.20. The van der Waals surface area contributed by atoms with Crippen molar-refractivity contribution in [2.24, 2.45) is 5.92 Å². The molecule has 0 unspecified atom stereocenters. The molecule has 12 atom stereocenters. The number of nitrogens with zero attached hydrogens (tertiary/aromatic N) is 1. The number of hydrogen-bond donors (Lipinski definition) is 0. The molecule has 0 spiro atoms. The minimum atomic E-state index is -0.785. The summed E-state index contributed by atoms with van der Waals surface area (Å²) < 4.78 is 61.6. The summed E-state index contributed by atoms with van der Waals surface area (Å²) in [6.45, 7) is 2.86. The van der Waals surface area contributed by atoms with Crippen molar-refractivity contribution in [2.75, 3.05) is 20.3 Å². The van der Waals surface area contributed by atoms with E-state index >= 15 is 0 Å². The van der Waals surface area contributed by atoms with Crippen molar-refractivity contribution in [3.05, 3.63) is 215 Å². The molecule has 0 amide bonds.